The van der Waals surface area contributed by atoms with Gasteiger partial charge in [-0.05, 0) is 36.5 Å². The third kappa shape index (κ3) is 4.84. The molecule has 2 amide bonds. The molecule has 1 saturated carbocycles. The molecule has 2 atom stereocenters. The van der Waals surface area contributed by atoms with Crippen LogP contribution in [0.3, 0.4) is 0 Å². The van der Waals surface area contributed by atoms with E-state index < -0.39 is 29.5 Å². The van der Waals surface area contributed by atoms with Gasteiger partial charge in [0.05, 0.1) is 6.42 Å². The molecule has 5 nitrogen and oxygen atoms in total. The van der Waals surface area contributed by atoms with Crippen LogP contribution in [0.5, 0.6) is 0 Å². The zero-order chi connectivity index (χ0) is 17.0. The van der Waals surface area contributed by atoms with E-state index in [9.17, 15) is 23.2 Å². The number of hydrogen-bond donors (Lipinski definition) is 2. The van der Waals surface area contributed by atoms with E-state index in [0.29, 0.717) is 25.3 Å². The first kappa shape index (κ1) is 17.1. The second-order valence-electron chi connectivity index (χ2n) is 5.80. The third-order valence-electron chi connectivity index (χ3n) is 3.90. The lowest BCUT2D eigenvalue weighted by Gasteiger charge is -2.28. The normalized spacial score (nSPS) is 19.2. The van der Waals surface area contributed by atoms with Gasteiger partial charge < -0.3 is 11.1 Å². The lowest BCUT2D eigenvalue weighted by atomic mass is 9.83. The SMILES string of the molecule is NC(=O)[C@@H](NC(=O)Cc1cc(F)cc(F)c1)[C@H]1CCCC(=O)C1. The molecule has 23 heavy (non-hydrogen) atoms. The van der Waals surface area contributed by atoms with Gasteiger partial charge in [-0.25, -0.2) is 8.78 Å². The number of rotatable bonds is 5. The second-order valence-corrected chi connectivity index (χ2v) is 5.80. The van der Waals surface area contributed by atoms with E-state index >= 15 is 0 Å². The third-order valence-corrected chi connectivity index (χ3v) is 3.90. The standard InChI is InChI=1S/C16H18F2N2O3/c17-11-4-9(5-12(18)8-11)6-14(22)20-15(16(19)23)10-2-1-3-13(21)7-10/h4-5,8,10,15H,1-3,6-7H2,(H2,19,23)(H,20,22)/t10-,15-/m0/s1. The van der Waals surface area contributed by atoms with E-state index in [1.54, 1.807) is 0 Å². The van der Waals surface area contributed by atoms with Gasteiger partial charge in [0.2, 0.25) is 11.8 Å². The van der Waals surface area contributed by atoms with E-state index in [1.807, 2.05) is 0 Å². The fraction of sp³-hybridized carbons (Fsp3) is 0.438. The zero-order valence-corrected chi connectivity index (χ0v) is 12.5. The average Bonchev–Trinajstić information content (AvgIpc) is 2.43. The van der Waals surface area contributed by atoms with E-state index in [2.05, 4.69) is 5.32 Å². The zero-order valence-electron chi connectivity index (χ0n) is 12.5. The first-order valence-corrected chi connectivity index (χ1v) is 7.40. The van der Waals surface area contributed by atoms with Crippen LogP contribution < -0.4 is 11.1 Å². The Hall–Kier alpha value is -2.31. The highest BCUT2D eigenvalue weighted by molar-refractivity contribution is 5.89. The molecule has 0 bridgehead atoms. The summed E-state index contributed by atoms with van der Waals surface area (Å²) in [7, 11) is 0. The highest BCUT2D eigenvalue weighted by atomic mass is 19.1. The van der Waals surface area contributed by atoms with Gasteiger partial charge in [-0.1, -0.05) is 0 Å². The quantitative estimate of drug-likeness (QED) is 0.854. The number of Topliss-reactive ketones (excluding diaryl/α,β-unsaturated/α-hetero) is 1. The molecule has 3 N–H and O–H groups in total. The highest BCUT2D eigenvalue weighted by Gasteiger charge is 2.32. The van der Waals surface area contributed by atoms with Gasteiger partial charge in [-0.15, -0.1) is 0 Å². The van der Waals surface area contributed by atoms with Gasteiger partial charge in [-0.2, -0.15) is 0 Å². The van der Waals surface area contributed by atoms with Crippen LogP contribution in [-0.2, 0) is 20.8 Å². The number of carbonyl (C=O) groups is 3. The maximum absolute atomic E-state index is 13.1. The Bertz CT molecular complexity index is 614. The Labute approximate surface area is 132 Å². The number of ketones is 1. The number of primary amides is 1. The van der Waals surface area contributed by atoms with Crippen molar-refractivity contribution in [1.29, 1.82) is 0 Å². The Kier molecular flexibility index (Phi) is 5.41. The molecule has 0 unspecified atom stereocenters. The Morgan fingerprint density at radius 2 is 1.91 bits per heavy atom. The molecule has 2 rings (SSSR count). The van der Waals surface area contributed by atoms with E-state index in [-0.39, 0.29) is 30.1 Å². The minimum absolute atomic E-state index is 0.0361. The molecule has 1 aromatic carbocycles. The molecular formula is C16H18F2N2O3. The summed E-state index contributed by atoms with van der Waals surface area (Å²) in [5, 5.41) is 2.48. The van der Waals surface area contributed by atoms with Crippen molar-refractivity contribution >= 4 is 17.6 Å². The Balaban J connectivity index is 2.03. The number of nitrogens with two attached hydrogens (primary N) is 1. The molecule has 0 radical (unpaired) electrons. The summed E-state index contributed by atoms with van der Waals surface area (Å²) in [6.45, 7) is 0. The van der Waals surface area contributed by atoms with Gasteiger partial charge >= 0.3 is 0 Å². The molecule has 124 valence electrons. The van der Waals surface area contributed by atoms with Crippen molar-refractivity contribution in [3.05, 3.63) is 35.4 Å². The van der Waals surface area contributed by atoms with Gasteiger partial charge in [0, 0.05) is 18.9 Å². The molecule has 1 fully saturated rings. The average molecular weight is 324 g/mol. The predicted molar refractivity (Wildman–Crippen MR) is 78.2 cm³/mol. The van der Waals surface area contributed by atoms with Gasteiger partial charge in [0.25, 0.3) is 0 Å². The maximum Gasteiger partial charge on any atom is 0.240 e. The molecule has 7 heteroatoms. The number of carbonyl (C=O) groups excluding carboxylic acids is 3. The lowest BCUT2D eigenvalue weighted by molar-refractivity contribution is -0.130. The van der Waals surface area contributed by atoms with Crippen LogP contribution in [0.4, 0.5) is 8.78 Å². The van der Waals surface area contributed by atoms with Crippen molar-refractivity contribution in [3.63, 3.8) is 0 Å². The fourth-order valence-corrected chi connectivity index (χ4v) is 2.89. The van der Waals surface area contributed by atoms with Crippen LogP contribution in [0.15, 0.2) is 18.2 Å². The summed E-state index contributed by atoms with van der Waals surface area (Å²) in [5.41, 5.74) is 5.47. The molecule has 0 spiro atoms. The molecular weight excluding hydrogens is 306 g/mol. The number of nitrogens with one attached hydrogen (secondary N) is 1. The highest BCUT2D eigenvalue weighted by Crippen LogP contribution is 2.24. The molecule has 0 aliphatic heterocycles. The first-order chi connectivity index (χ1) is 10.8. The number of amides is 2. The van der Waals surface area contributed by atoms with Crippen LogP contribution in [0.25, 0.3) is 0 Å². The minimum atomic E-state index is -0.954. The molecule has 1 aromatic rings. The van der Waals surface area contributed by atoms with Crippen molar-refractivity contribution < 1.29 is 23.2 Å². The molecule has 1 aliphatic rings. The van der Waals surface area contributed by atoms with Crippen molar-refractivity contribution in [1.82, 2.24) is 5.32 Å². The lowest BCUT2D eigenvalue weighted by Crippen LogP contribution is -2.50. The van der Waals surface area contributed by atoms with E-state index in [4.69, 9.17) is 5.73 Å². The summed E-state index contributed by atoms with van der Waals surface area (Å²) in [6.07, 6.45) is 1.66. The first-order valence-electron chi connectivity index (χ1n) is 7.40. The van der Waals surface area contributed by atoms with Gasteiger partial charge in [-0.3, -0.25) is 14.4 Å². The predicted octanol–water partition coefficient (Wildman–Crippen LogP) is 1.24. The van der Waals surface area contributed by atoms with E-state index in [0.717, 1.165) is 12.1 Å². The Morgan fingerprint density at radius 1 is 1.26 bits per heavy atom. The largest absolute Gasteiger partial charge is 0.368 e. The number of halogens is 2. The summed E-state index contributed by atoms with van der Waals surface area (Å²) in [4.78, 5) is 35.1. The van der Waals surface area contributed by atoms with Crippen molar-refractivity contribution in [2.75, 3.05) is 0 Å². The van der Waals surface area contributed by atoms with Gasteiger partial charge in [0.1, 0.15) is 23.5 Å². The van der Waals surface area contributed by atoms with E-state index in [1.165, 1.54) is 0 Å². The molecule has 0 aromatic heterocycles. The molecule has 0 heterocycles. The van der Waals surface area contributed by atoms with Crippen LogP contribution in [0.2, 0.25) is 0 Å². The van der Waals surface area contributed by atoms with Crippen molar-refractivity contribution in [2.45, 2.75) is 38.1 Å². The van der Waals surface area contributed by atoms with Crippen molar-refractivity contribution in [3.8, 4) is 0 Å². The smallest absolute Gasteiger partial charge is 0.240 e. The number of hydrogen-bond acceptors (Lipinski definition) is 3. The topological polar surface area (TPSA) is 89.3 Å². The summed E-state index contributed by atoms with van der Waals surface area (Å²) >= 11 is 0. The maximum atomic E-state index is 13.1. The Morgan fingerprint density at radius 3 is 2.48 bits per heavy atom. The second kappa shape index (κ2) is 7.30. The van der Waals surface area contributed by atoms with Crippen LogP contribution in [-0.4, -0.2) is 23.6 Å². The molecule has 1 aliphatic carbocycles. The van der Waals surface area contributed by atoms with Crippen LogP contribution in [0.1, 0.15) is 31.2 Å². The monoisotopic (exact) mass is 324 g/mol. The number of benzene rings is 1. The minimum Gasteiger partial charge on any atom is -0.368 e. The van der Waals surface area contributed by atoms with Crippen LogP contribution >= 0.6 is 0 Å². The summed E-state index contributed by atoms with van der Waals surface area (Å²) < 4.78 is 26.2. The molecule has 0 saturated heterocycles. The van der Waals surface area contributed by atoms with Crippen LogP contribution in [0, 0.1) is 17.6 Å². The van der Waals surface area contributed by atoms with Gasteiger partial charge in [0.15, 0.2) is 0 Å². The summed E-state index contributed by atoms with van der Waals surface area (Å²) in [5.74, 6) is -3.15. The van der Waals surface area contributed by atoms with Crippen molar-refractivity contribution in [2.24, 2.45) is 11.7 Å². The fourth-order valence-electron chi connectivity index (χ4n) is 2.89. The summed E-state index contributed by atoms with van der Waals surface area (Å²) in [6, 6.07) is 1.85.